The van der Waals surface area contributed by atoms with Crippen LogP contribution in [-0.4, -0.2) is 43.7 Å². The van der Waals surface area contributed by atoms with Gasteiger partial charge in [-0.2, -0.15) is 0 Å². The summed E-state index contributed by atoms with van der Waals surface area (Å²) in [6.07, 6.45) is 6.29. The summed E-state index contributed by atoms with van der Waals surface area (Å²) in [5.74, 6) is 1.16. The summed E-state index contributed by atoms with van der Waals surface area (Å²) in [5, 5.41) is 5.92. The molecule has 1 fully saturated rings. The van der Waals surface area contributed by atoms with Gasteiger partial charge >= 0.3 is 6.03 Å². The maximum Gasteiger partial charge on any atom is 0.315 e. The van der Waals surface area contributed by atoms with Gasteiger partial charge in [-0.1, -0.05) is 6.92 Å². The molecule has 2 atom stereocenters. The average Bonchev–Trinajstić information content (AvgIpc) is 2.84. The first kappa shape index (κ1) is 19.9. The molecule has 1 aromatic rings. The molecule has 2 N–H and O–H groups in total. The van der Waals surface area contributed by atoms with Crippen molar-refractivity contribution in [3.8, 4) is 5.75 Å². The number of benzene rings is 1. The number of nitrogens with one attached hydrogen (secondary N) is 2. The second-order valence-corrected chi connectivity index (χ2v) is 7.88. The van der Waals surface area contributed by atoms with Crippen LogP contribution in [0.3, 0.4) is 0 Å². The molecule has 1 aromatic carbocycles. The lowest BCUT2D eigenvalue weighted by atomic mass is 10.0. The molecule has 0 unspecified atom stereocenters. The molecule has 0 spiro atoms. The van der Waals surface area contributed by atoms with Crippen LogP contribution in [-0.2, 0) is 0 Å². The second kappa shape index (κ2) is 9.93. The SMILES string of the molecule is C[C@H]1CCCN(CCCCNC(=O)N[C@@H]2CCCOc3ccc(F)cc32)C1. The molecule has 0 bridgehead atoms. The monoisotopic (exact) mass is 377 g/mol. The normalized spacial score (nSPS) is 23.0. The first-order chi connectivity index (χ1) is 13.1. The van der Waals surface area contributed by atoms with Crippen molar-refractivity contribution in [1.29, 1.82) is 0 Å². The fraction of sp³-hybridized carbons (Fsp3) is 0.667. The summed E-state index contributed by atoms with van der Waals surface area (Å²) >= 11 is 0. The Morgan fingerprint density at radius 2 is 2.19 bits per heavy atom. The van der Waals surface area contributed by atoms with Gasteiger partial charge in [0, 0.05) is 18.7 Å². The molecular formula is C21H32FN3O2. The molecular weight excluding hydrogens is 345 g/mol. The van der Waals surface area contributed by atoms with E-state index in [0.717, 1.165) is 43.7 Å². The number of ether oxygens (including phenoxy) is 1. The molecule has 0 saturated carbocycles. The van der Waals surface area contributed by atoms with Gasteiger partial charge in [-0.15, -0.1) is 0 Å². The van der Waals surface area contributed by atoms with Gasteiger partial charge in [-0.25, -0.2) is 9.18 Å². The zero-order chi connectivity index (χ0) is 19.1. The maximum absolute atomic E-state index is 13.6. The maximum atomic E-state index is 13.6. The van der Waals surface area contributed by atoms with E-state index in [1.807, 2.05) is 0 Å². The highest BCUT2D eigenvalue weighted by molar-refractivity contribution is 5.74. The molecule has 0 aliphatic carbocycles. The third-order valence-corrected chi connectivity index (χ3v) is 5.48. The predicted molar refractivity (Wildman–Crippen MR) is 104 cm³/mol. The van der Waals surface area contributed by atoms with E-state index in [1.165, 1.54) is 38.1 Å². The number of carbonyl (C=O) groups is 1. The Kier molecular flexibility index (Phi) is 7.33. The number of likely N-dealkylation sites (tertiary alicyclic amines) is 1. The summed E-state index contributed by atoms with van der Waals surface area (Å²) in [6, 6.07) is 4.09. The molecule has 0 aromatic heterocycles. The molecule has 2 aliphatic heterocycles. The molecule has 0 radical (unpaired) electrons. The van der Waals surface area contributed by atoms with Crippen LogP contribution in [0.4, 0.5) is 9.18 Å². The van der Waals surface area contributed by atoms with E-state index in [4.69, 9.17) is 4.74 Å². The van der Waals surface area contributed by atoms with Crippen molar-refractivity contribution in [2.45, 2.75) is 51.5 Å². The van der Waals surface area contributed by atoms with Gasteiger partial charge in [0.1, 0.15) is 11.6 Å². The van der Waals surface area contributed by atoms with E-state index in [1.54, 1.807) is 6.07 Å². The van der Waals surface area contributed by atoms with E-state index in [9.17, 15) is 9.18 Å². The van der Waals surface area contributed by atoms with E-state index in [0.29, 0.717) is 18.9 Å². The first-order valence-corrected chi connectivity index (χ1v) is 10.3. The first-order valence-electron chi connectivity index (χ1n) is 10.3. The fourth-order valence-electron chi connectivity index (χ4n) is 4.06. The molecule has 2 amide bonds. The molecule has 27 heavy (non-hydrogen) atoms. The number of amides is 2. The van der Waals surface area contributed by atoms with Crippen molar-refractivity contribution >= 4 is 6.03 Å². The Morgan fingerprint density at radius 1 is 1.30 bits per heavy atom. The van der Waals surface area contributed by atoms with Crippen LogP contribution in [0, 0.1) is 11.7 Å². The van der Waals surface area contributed by atoms with E-state index >= 15 is 0 Å². The number of rotatable bonds is 6. The average molecular weight is 378 g/mol. The Labute approximate surface area is 161 Å². The van der Waals surface area contributed by atoms with Gasteiger partial charge in [0.25, 0.3) is 0 Å². The Bertz CT molecular complexity index is 625. The highest BCUT2D eigenvalue weighted by Crippen LogP contribution is 2.31. The molecule has 3 rings (SSSR count). The number of hydrogen-bond donors (Lipinski definition) is 2. The van der Waals surface area contributed by atoms with Crippen molar-refractivity contribution in [3.05, 3.63) is 29.6 Å². The van der Waals surface area contributed by atoms with Crippen LogP contribution < -0.4 is 15.4 Å². The van der Waals surface area contributed by atoms with Crippen LogP contribution in [0.2, 0.25) is 0 Å². The number of piperidine rings is 1. The number of urea groups is 1. The lowest BCUT2D eigenvalue weighted by Gasteiger charge is -2.30. The molecule has 1 saturated heterocycles. The van der Waals surface area contributed by atoms with Crippen molar-refractivity contribution in [2.75, 3.05) is 32.8 Å². The summed E-state index contributed by atoms with van der Waals surface area (Å²) in [6.45, 7) is 7.09. The number of fused-ring (bicyclic) bond motifs is 1. The van der Waals surface area contributed by atoms with Gasteiger partial charge in [0.05, 0.1) is 12.6 Å². The molecule has 150 valence electrons. The van der Waals surface area contributed by atoms with Crippen LogP contribution in [0.15, 0.2) is 18.2 Å². The van der Waals surface area contributed by atoms with Gasteiger partial charge in [-0.05, 0) is 75.7 Å². The van der Waals surface area contributed by atoms with Crippen molar-refractivity contribution in [1.82, 2.24) is 15.5 Å². The fourth-order valence-corrected chi connectivity index (χ4v) is 4.06. The zero-order valence-electron chi connectivity index (χ0n) is 16.3. The summed E-state index contributed by atoms with van der Waals surface area (Å²) in [4.78, 5) is 14.8. The quantitative estimate of drug-likeness (QED) is 0.741. The largest absolute Gasteiger partial charge is 0.493 e. The van der Waals surface area contributed by atoms with Crippen LogP contribution in [0.5, 0.6) is 5.75 Å². The van der Waals surface area contributed by atoms with Crippen LogP contribution >= 0.6 is 0 Å². The van der Waals surface area contributed by atoms with Gasteiger partial charge < -0.3 is 20.3 Å². The highest BCUT2D eigenvalue weighted by atomic mass is 19.1. The van der Waals surface area contributed by atoms with Crippen LogP contribution in [0.1, 0.15) is 57.1 Å². The van der Waals surface area contributed by atoms with Crippen molar-refractivity contribution in [2.24, 2.45) is 5.92 Å². The van der Waals surface area contributed by atoms with Gasteiger partial charge in [0.2, 0.25) is 0 Å². The minimum absolute atomic E-state index is 0.191. The number of halogens is 1. The lowest BCUT2D eigenvalue weighted by molar-refractivity contribution is 0.181. The minimum Gasteiger partial charge on any atom is -0.493 e. The molecule has 5 nitrogen and oxygen atoms in total. The third-order valence-electron chi connectivity index (χ3n) is 5.48. The smallest absolute Gasteiger partial charge is 0.315 e. The number of nitrogens with zero attached hydrogens (tertiary/aromatic N) is 1. The van der Waals surface area contributed by atoms with Crippen molar-refractivity contribution in [3.63, 3.8) is 0 Å². The van der Waals surface area contributed by atoms with Gasteiger partial charge in [-0.3, -0.25) is 0 Å². The minimum atomic E-state index is -0.307. The zero-order valence-corrected chi connectivity index (χ0v) is 16.3. The number of hydrogen-bond acceptors (Lipinski definition) is 3. The molecule has 2 aliphatic rings. The van der Waals surface area contributed by atoms with Crippen LogP contribution in [0.25, 0.3) is 0 Å². The standard InChI is InChI=1S/C21H32FN3O2/c1-16-6-4-12-25(15-16)11-3-2-10-23-21(26)24-19-7-5-13-27-20-9-8-17(22)14-18(19)20/h8-9,14,16,19H,2-7,10-13,15H2,1H3,(H2,23,24,26)/t16-,19+/m0/s1. The highest BCUT2D eigenvalue weighted by Gasteiger charge is 2.22. The summed E-state index contributed by atoms with van der Waals surface area (Å²) in [5.41, 5.74) is 0.724. The molecule has 2 heterocycles. The van der Waals surface area contributed by atoms with E-state index < -0.39 is 0 Å². The Balaban J connectivity index is 1.39. The number of unbranched alkanes of at least 4 members (excludes halogenated alkanes) is 1. The third kappa shape index (κ3) is 6.09. The lowest BCUT2D eigenvalue weighted by Crippen LogP contribution is -2.39. The Hall–Kier alpha value is -1.82. The van der Waals surface area contributed by atoms with Crippen molar-refractivity contribution < 1.29 is 13.9 Å². The van der Waals surface area contributed by atoms with Gasteiger partial charge in [0.15, 0.2) is 0 Å². The Morgan fingerprint density at radius 3 is 3.04 bits per heavy atom. The summed E-state index contributed by atoms with van der Waals surface area (Å²) < 4.78 is 19.3. The van der Waals surface area contributed by atoms with E-state index in [-0.39, 0.29) is 17.9 Å². The predicted octanol–water partition coefficient (Wildman–Crippen LogP) is 3.85. The topological polar surface area (TPSA) is 53.6 Å². The van der Waals surface area contributed by atoms with E-state index in [2.05, 4.69) is 22.5 Å². The molecule has 6 heteroatoms. The summed E-state index contributed by atoms with van der Waals surface area (Å²) in [7, 11) is 0. The second-order valence-electron chi connectivity index (χ2n) is 7.88. The number of carbonyl (C=O) groups excluding carboxylic acids is 1.